The molecule has 1 atom stereocenters. The van der Waals surface area contributed by atoms with Crippen LogP contribution in [0.15, 0.2) is 10.6 Å². The zero-order chi connectivity index (χ0) is 12.9. The van der Waals surface area contributed by atoms with E-state index in [0.29, 0.717) is 22.8 Å². The van der Waals surface area contributed by atoms with Gasteiger partial charge in [0.2, 0.25) is 0 Å². The number of aliphatic carboxylic acids is 1. The first kappa shape index (κ1) is 11.3. The lowest BCUT2D eigenvalue weighted by molar-refractivity contribution is -0.144. The highest BCUT2D eigenvalue weighted by molar-refractivity contribution is 6.36. The number of hydrogen-bond acceptors (Lipinski definition) is 4. The summed E-state index contributed by atoms with van der Waals surface area (Å²) in [6.07, 6.45) is 0.169. The number of carboxylic acid groups (broad SMARTS) is 1. The fourth-order valence-electron chi connectivity index (χ4n) is 2.18. The molecule has 2 heterocycles. The Kier molecular flexibility index (Phi) is 2.45. The van der Waals surface area contributed by atoms with Crippen LogP contribution >= 0.6 is 11.6 Å². The molecule has 6 heteroatoms. The Morgan fingerprint density at radius 1 is 1.67 bits per heavy atom. The normalized spacial score (nSPS) is 17.8. The van der Waals surface area contributed by atoms with E-state index in [9.17, 15) is 4.79 Å². The lowest BCUT2D eigenvalue weighted by Gasteiger charge is -2.05. The fraction of sp³-hybridized carbons (Fsp3) is 0.333. The van der Waals surface area contributed by atoms with Gasteiger partial charge in [0.05, 0.1) is 5.69 Å². The number of aryl methyl sites for hydroxylation is 1. The summed E-state index contributed by atoms with van der Waals surface area (Å²) in [6, 6.07) is 1.86. The van der Waals surface area contributed by atoms with Crippen molar-refractivity contribution in [1.82, 2.24) is 5.16 Å². The molecule has 94 valence electrons. The molecule has 0 aliphatic carbocycles. The van der Waals surface area contributed by atoms with Crippen LogP contribution in [0, 0.1) is 0 Å². The lowest BCUT2D eigenvalue weighted by Crippen LogP contribution is -2.24. The first-order valence-electron chi connectivity index (χ1n) is 5.61. The number of benzene rings is 1. The van der Waals surface area contributed by atoms with Crippen LogP contribution in [0.5, 0.6) is 5.75 Å². The van der Waals surface area contributed by atoms with E-state index in [0.717, 1.165) is 23.1 Å². The van der Waals surface area contributed by atoms with Gasteiger partial charge in [-0.25, -0.2) is 4.79 Å². The maximum Gasteiger partial charge on any atom is 0.345 e. The number of rotatable bonds is 2. The molecule has 2 aromatic rings. The molecular weight excluding hydrogens is 258 g/mol. The SMILES string of the molecule is CCc1noc2c(Cl)c3c(cc12)CC(C(=O)O)O3. The Hall–Kier alpha value is -1.75. The van der Waals surface area contributed by atoms with Gasteiger partial charge in [0.15, 0.2) is 11.7 Å². The summed E-state index contributed by atoms with van der Waals surface area (Å²) in [6.45, 7) is 1.97. The van der Waals surface area contributed by atoms with E-state index in [2.05, 4.69) is 5.16 Å². The molecule has 0 saturated carbocycles. The standard InChI is InChI=1S/C12H10ClNO4/c1-2-7-6-3-5-4-8(12(15)16)17-10(5)9(13)11(6)18-14-7/h3,8H,2,4H2,1H3,(H,15,16). The summed E-state index contributed by atoms with van der Waals surface area (Å²) >= 11 is 6.18. The van der Waals surface area contributed by atoms with Gasteiger partial charge in [0, 0.05) is 17.4 Å². The van der Waals surface area contributed by atoms with Crippen LogP contribution in [0.25, 0.3) is 11.0 Å². The van der Waals surface area contributed by atoms with Crippen molar-refractivity contribution < 1.29 is 19.2 Å². The number of fused-ring (bicyclic) bond motifs is 2. The smallest absolute Gasteiger partial charge is 0.345 e. The van der Waals surface area contributed by atoms with Gasteiger partial charge in [-0.3, -0.25) is 0 Å². The van der Waals surface area contributed by atoms with E-state index < -0.39 is 12.1 Å². The van der Waals surface area contributed by atoms with Crippen molar-refractivity contribution in [2.24, 2.45) is 0 Å². The Bertz CT molecular complexity index is 649. The second-order valence-electron chi connectivity index (χ2n) is 4.19. The third kappa shape index (κ3) is 1.47. The van der Waals surface area contributed by atoms with Gasteiger partial charge < -0.3 is 14.4 Å². The van der Waals surface area contributed by atoms with Crippen molar-refractivity contribution >= 4 is 28.5 Å². The van der Waals surface area contributed by atoms with E-state index >= 15 is 0 Å². The molecule has 0 spiro atoms. The van der Waals surface area contributed by atoms with E-state index in [4.69, 9.17) is 26.0 Å². The second-order valence-corrected chi connectivity index (χ2v) is 4.57. The first-order valence-corrected chi connectivity index (χ1v) is 5.98. The van der Waals surface area contributed by atoms with Crippen molar-refractivity contribution in [3.05, 3.63) is 22.3 Å². The molecule has 0 bridgehead atoms. The molecule has 0 fully saturated rings. The lowest BCUT2D eigenvalue weighted by atomic mass is 10.1. The van der Waals surface area contributed by atoms with Crippen LogP contribution in [0.1, 0.15) is 18.2 Å². The van der Waals surface area contributed by atoms with Gasteiger partial charge in [-0.05, 0) is 12.5 Å². The summed E-state index contributed by atoms with van der Waals surface area (Å²) in [5.41, 5.74) is 2.06. The maximum absolute atomic E-state index is 10.9. The summed E-state index contributed by atoms with van der Waals surface area (Å²) in [5.74, 6) is -0.594. The highest BCUT2D eigenvalue weighted by Gasteiger charge is 2.32. The molecule has 1 N–H and O–H groups in total. The number of halogens is 1. The van der Waals surface area contributed by atoms with Crippen molar-refractivity contribution in [3.63, 3.8) is 0 Å². The minimum atomic E-state index is -0.993. The van der Waals surface area contributed by atoms with Crippen LogP contribution < -0.4 is 4.74 Å². The summed E-state index contributed by atoms with van der Waals surface area (Å²) in [7, 11) is 0. The molecule has 3 rings (SSSR count). The zero-order valence-electron chi connectivity index (χ0n) is 9.57. The van der Waals surface area contributed by atoms with Crippen LogP contribution in [0.3, 0.4) is 0 Å². The molecule has 0 radical (unpaired) electrons. The minimum Gasteiger partial charge on any atom is -0.478 e. The molecule has 18 heavy (non-hydrogen) atoms. The number of carbonyl (C=O) groups is 1. The van der Waals surface area contributed by atoms with Crippen molar-refractivity contribution in [2.45, 2.75) is 25.9 Å². The van der Waals surface area contributed by atoms with Gasteiger partial charge >= 0.3 is 5.97 Å². The predicted octanol–water partition coefficient (Wildman–Crippen LogP) is 2.43. The van der Waals surface area contributed by atoms with Crippen LogP contribution in [0.2, 0.25) is 5.02 Å². The average Bonchev–Trinajstić information content (AvgIpc) is 2.93. The topological polar surface area (TPSA) is 72.6 Å². The molecule has 0 amide bonds. The van der Waals surface area contributed by atoms with Crippen LogP contribution in [-0.4, -0.2) is 22.3 Å². The van der Waals surface area contributed by atoms with Gasteiger partial charge in [-0.1, -0.05) is 23.7 Å². The third-order valence-corrected chi connectivity index (χ3v) is 3.43. The summed E-state index contributed by atoms with van der Waals surface area (Å²) < 4.78 is 10.5. The average molecular weight is 268 g/mol. The molecule has 1 aromatic carbocycles. The summed E-state index contributed by atoms with van der Waals surface area (Å²) in [4.78, 5) is 10.9. The van der Waals surface area contributed by atoms with E-state index in [1.54, 1.807) is 0 Å². The second kappa shape index (κ2) is 3.88. The quantitative estimate of drug-likeness (QED) is 0.905. The van der Waals surface area contributed by atoms with E-state index in [1.807, 2.05) is 13.0 Å². The Labute approximate surface area is 107 Å². The zero-order valence-corrected chi connectivity index (χ0v) is 10.3. The largest absolute Gasteiger partial charge is 0.478 e. The highest BCUT2D eigenvalue weighted by Crippen LogP contribution is 2.42. The molecule has 1 aromatic heterocycles. The Morgan fingerprint density at radius 3 is 3.11 bits per heavy atom. The number of carboxylic acids is 1. The number of hydrogen-bond donors (Lipinski definition) is 1. The van der Waals surface area contributed by atoms with Crippen molar-refractivity contribution in [3.8, 4) is 5.75 Å². The first-order chi connectivity index (χ1) is 8.61. The van der Waals surface area contributed by atoms with Crippen LogP contribution in [0.4, 0.5) is 0 Å². The van der Waals surface area contributed by atoms with Gasteiger partial charge in [0.25, 0.3) is 0 Å². The minimum absolute atomic E-state index is 0.304. The predicted molar refractivity (Wildman–Crippen MR) is 64.2 cm³/mol. The number of ether oxygens (including phenoxy) is 1. The van der Waals surface area contributed by atoms with Crippen molar-refractivity contribution in [2.75, 3.05) is 0 Å². The number of aromatic nitrogens is 1. The van der Waals surface area contributed by atoms with Crippen LogP contribution in [-0.2, 0) is 17.6 Å². The van der Waals surface area contributed by atoms with Crippen molar-refractivity contribution in [1.29, 1.82) is 0 Å². The molecule has 0 saturated heterocycles. The van der Waals surface area contributed by atoms with E-state index in [-0.39, 0.29) is 0 Å². The maximum atomic E-state index is 10.9. The van der Waals surface area contributed by atoms with Gasteiger partial charge in [0.1, 0.15) is 10.8 Å². The summed E-state index contributed by atoms with van der Waals surface area (Å²) in [5, 5.41) is 14.0. The molecule has 1 aliphatic rings. The van der Waals surface area contributed by atoms with E-state index in [1.165, 1.54) is 0 Å². The monoisotopic (exact) mass is 267 g/mol. The third-order valence-electron chi connectivity index (χ3n) is 3.09. The number of nitrogens with zero attached hydrogens (tertiary/aromatic N) is 1. The Balaban J connectivity index is 2.18. The molecule has 1 aliphatic heterocycles. The molecule has 5 nitrogen and oxygen atoms in total. The highest BCUT2D eigenvalue weighted by atomic mass is 35.5. The van der Waals surface area contributed by atoms with Gasteiger partial charge in [-0.2, -0.15) is 0 Å². The van der Waals surface area contributed by atoms with Gasteiger partial charge in [-0.15, -0.1) is 0 Å². The molecular formula is C12H10ClNO4. The molecule has 1 unspecified atom stereocenters. The Morgan fingerprint density at radius 2 is 2.44 bits per heavy atom. The fourth-order valence-corrected chi connectivity index (χ4v) is 2.48.